The second kappa shape index (κ2) is 12.6. The van der Waals surface area contributed by atoms with Gasteiger partial charge in [0.2, 0.25) is 5.91 Å². The Morgan fingerprint density at radius 3 is 2.21 bits per heavy atom. The lowest BCUT2D eigenvalue weighted by Gasteiger charge is -2.33. The molecule has 1 saturated carbocycles. The summed E-state index contributed by atoms with van der Waals surface area (Å²) in [6, 6.07) is 14.8. The SMILES string of the molecule is CC[C@@H](C)c1ccc(N(C(=O)c2sc(C)nc2C)[C@H](C(=O)NC2CCCCC2)c2ccc(OC)cc2)cc1. The van der Waals surface area contributed by atoms with Crippen molar-refractivity contribution >= 4 is 28.8 Å². The third kappa shape index (κ3) is 6.26. The number of nitrogens with zero attached hydrogens (tertiary/aromatic N) is 2. The molecule has 2 atom stereocenters. The fraction of sp³-hybridized carbons (Fsp3) is 0.452. The molecular weight excluding hydrogens is 494 g/mol. The van der Waals surface area contributed by atoms with Crippen molar-refractivity contribution < 1.29 is 14.3 Å². The molecule has 1 fully saturated rings. The number of thiazole rings is 1. The summed E-state index contributed by atoms with van der Waals surface area (Å²) in [6.45, 7) is 8.11. The predicted molar refractivity (Wildman–Crippen MR) is 154 cm³/mol. The Hall–Kier alpha value is -3.19. The minimum Gasteiger partial charge on any atom is -0.497 e. The largest absolute Gasteiger partial charge is 0.497 e. The van der Waals surface area contributed by atoms with Crippen LogP contribution in [-0.4, -0.2) is 29.9 Å². The van der Waals surface area contributed by atoms with Crippen LogP contribution in [0.15, 0.2) is 48.5 Å². The van der Waals surface area contributed by atoms with E-state index in [9.17, 15) is 9.59 Å². The first-order chi connectivity index (χ1) is 18.3. The Morgan fingerprint density at radius 1 is 1.03 bits per heavy atom. The molecule has 0 unspecified atom stereocenters. The van der Waals surface area contributed by atoms with Gasteiger partial charge in [-0.25, -0.2) is 4.98 Å². The van der Waals surface area contributed by atoms with Gasteiger partial charge < -0.3 is 10.1 Å². The van der Waals surface area contributed by atoms with E-state index in [1.165, 1.54) is 23.3 Å². The van der Waals surface area contributed by atoms with E-state index in [0.717, 1.165) is 42.7 Å². The van der Waals surface area contributed by atoms with Crippen molar-refractivity contribution in [2.75, 3.05) is 12.0 Å². The average molecular weight is 534 g/mol. The molecule has 7 heteroatoms. The minimum absolute atomic E-state index is 0.120. The van der Waals surface area contributed by atoms with Crippen LogP contribution in [0.25, 0.3) is 0 Å². The molecule has 2 amide bonds. The number of nitrogens with one attached hydrogen (secondary N) is 1. The summed E-state index contributed by atoms with van der Waals surface area (Å²) in [5.74, 6) is 0.723. The fourth-order valence-corrected chi connectivity index (χ4v) is 6.01. The van der Waals surface area contributed by atoms with Gasteiger partial charge >= 0.3 is 0 Å². The summed E-state index contributed by atoms with van der Waals surface area (Å²) in [4.78, 5) is 35.1. The minimum atomic E-state index is -0.841. The molecule has 1 N–H and O–H groups in total. The number of benzene rings is 2. The van der Waals surface area contributed by atoms with Gasteiger partial charge in [0, 0.05) is 11.7 Å². The summed E-state index contributed by atoms with van der Waals surface area (Å²) in [5, 5.41) is 4.11. The number of aromatic nitrogens is 1. The molecular formula is C31H39N3O3S. The molecule has 0 radical (unpaired) electrons. The maximum Gasteiger partial charge on any atom is 0.271 e. The first-order valence-electron chi connectivity index (χ1n) is 13.6. The van der Waals surface area contributed by atoms with Crippen LogP contribution in [0.2, 0.25) is 0 Å². The molecule has 38 heavy (non-hydrogen) atoms. The Balaban J connectivity index is 1.82. The Kier molecular flexibility index (Phi) is 9.21. The predicted octanol–water partition coefficient (Wildman–Crippen LogP) is 7.12. The van der Waals surface area contributed by atoms with E-state index in [-0.39, 0.29) is 17.9 Å². The van der Waals surface area contributed by atoms with E-state index < -0.39 is 6.04 Å². The zero-order valence-corrected chi connectivity index (χ0v) is 23.9. The number of amides is 2. The highest BCUT2D eigenvalue weighted by molar-refractivity contribution is 7.13. The highest BCUT2D eigenvalue weighted by Crippen LogP contribution is 2.34. The summed E-state index contributed by atoms with van der Waals surface area (Å²) in [5.41, 5.74) is 3.31. The second-order valence-electron chi connectivity index (χ2n) is 10.2. The molecule has 0 aliphatic heterocycles. The number of aryl methyl sites for hydroxylation is 2. The van der Waals surface area contributed by atoms with Crippen LogP contribution < -0.4 is 15.0 Å². The van der Waals surface area contributed by atoms with E-state index >= 15 is 0 Å². The van der Waals surface area contributed by atoms with Crippen LogP contribution in [-0.2, 0) is 4.79 Å². The van der Waals surface area contributed by atoms with Crippen LogP contribution in [0, 0.1) is 13.8 Å². The monoisotopic (exact) mass is 533 g/mol. The van der Waals surface area contributed by atoms with Crippen molar-refractivity contribution in [3.8, 4) is 5.75 Å². The molecule has 6 nitrogen and oxygen atoms in total. The molecule has 1 aliphatic carbocycles. The lowest BCUT2D eigenvalue weighted by molar-refractivity contribution is -0.123. The molecule has 0 spiro atoms. The summed E-state index contributed by atoms with van der Waals surface area (Å²) >= 11 is 1.37. The van der Waals surface area contributed by atoms with Gasteiger partial charge in [-0.2, -0.15) is 0 Å². The number of anilines is 1. The van der Waals surface area contributed by atoms with E-state index in [2.05, 4.69) is 36.3 Å². The number of ether oxygens (including phenoxy) is 1. The molecule has 202 valence electrons. The number of methoxy groups -OCH3 is 1. The number of carbonyl (C=O) groups excluding carboxylic acids is 2. The zero-order chi connectivity index (χ0) is 27.2. The maximum absolute atomic E-state index is 14.3. The molecule has 1 aromatic heterocycles. The third-order valence-corrected chi connectivity index (χ3v) is 8.62. The van der Waals surface area contributed by atoms with Gasteiger partial charge in [-0.1, -0.05) is 57.4 Å². The van der Waals surface area contributed by atoms with Crippen molar-refractivity contribution in [2.24, 2.45) is 0 Å². The molecule has 1 aliphatic rings. The van der Waals surface area contributed by atoms with Crippen LogP contribution in [0.3, 0.4) is 0 Å². The van der Waals surface area contributed by atoms with Crippen molar-refractivity contribution in [3.63, 3.8) is 0 Å². The van der Waals surface area contributed by atoms with Gasteiger partial charge in [-0.05, 0) is 74.4 Å². The molecule has 1 heterocycles. The number of carbonyl (C=O) groups is 2. The number of hydrogen-bond acceptors (Lipinski definition) is 5. The lowest BCUT2D eigenvalue weighted by atomic mass is 9.94. The second-order valence-corrected chi connectivity index (χ2v) is 11.4. The normalized spacial score (nSPS) is 15.5. The zero-order valence-electron chi connectivity index (χ0n) is 23.1. The summed E-state index contributed by atoms with van der Waals surface area (Å²) in [7, 11) is 1.62. The van der Waals surface area contributed by atoms with Crippen molar-refractivity contribution in [2.45, 2.75) is 84.2 Å². The smallest absolute Gasteiger partial charge is 0.271 e. The topological polar surface area (TPSA) is 71.5 Å². The van der Waals surface area contributed by atoms with E-state index in [1.54, 1.807) is 12.0 Å². The van der Waals surface area contributed by atoms with Crippen molar-refractivity contribution in [1.29, 1.82) is 0 Å². The lowest BCUT2D eigenvalue weighted by Crippen LogP contribution is -2.47. The number of rotatable bonds is 9. The van der Waals surface area contributed by atoms with E-state index in [4.69, 9.17) is 4.74 Å². The van der Waals surface area contributed by atoms with Crippen LogP contribution in [0.4, 0.5) is 5.69 Å². The highest BCUT2D eigenvalue weighted by Gasteiger charge is 2.36. The molecule has 0 saturated heterocycles. The number of hydrogen-bond donors (Lipinski definition) is 1. The van der Waals surface area contributed by atoms with Crippen LogP contribution in [0.5, 0.6) is 5.75 Å². The quantitative estimate of drug-likeness (QED) is 0.318. The van der Waals surface area contributed by atoms with Gasteiger partial charge in [-0.3, -0.25) is 14.5 Å². The third-order valence-electron chi connectivity index (χ3n) is 7.56. The van der Waals surface area contributed by atoms with Gasteiger partial charge in [0.1, 0.15) is 16.7 Å². The van der Waals surface area contributed by atoms with Crippen molar-refractivity contribution in [3.05, 3.63) is 75.2 Å². The Bertz CT molecular complexity index is 1230. The van der Waals surface area contributed by atoms with Gasteiger partial charge in [0.25, 0.3) is 5.91 Å². The Labute approximate surface area is 230 Å². The highest BCUT2D eigenvalue weighted by atomic mass is 32.1. The van der Waals surface area contributed by atoms with Gasteiger partial charge in [0.05, 0.1) is 17.8 Å². The van der Waals surface area contributed by atoms with Crippen LogP contribution in [0.1, 0.15) is 95.8 Å². The first-order valence-corrected chi connectivity index (χ1v) is 14.5. The fourth-order valence-electron chi connectivity index (χ4n) is 5.15. The van der Waals surface area contributed by atoms with Crippen LogP contribution >= 0.6 is 11.3 Å². The molecule has 4 rings (SSSR count). The summed E-state index contributed by atoms with van der Waals surface area (Å²) < 4.78 is 5.37. The average Bonchev–Trinajstić information content (AvgIpc) is 3.29. The van der Waals surface area contributed by atoms with E-state index in [0.29, 0.717) is 27.9 Å². The van der Waals surface area contributed by atoms with Gasteiger partial charge in [-0.15, -0.1) is 11.3 Å². The molecule has 2 aromatic carbocycles. The van der Waals surface area contributed by atoms with Crippen molar-refractivity contribution in [1.82, 2.24) is 10.3 Å². The first kappa shape index (κ1) is 27.8. The Morgan fingerprint density at radius 2 is 1.66 bits per heavy atom. The standard InChI is InChI=1S/C31H39N3O3S/c1-6-20(2)23-12-16-26(17-13-23)34(31(36)29-21(3)32-22(4)38-29)28(24-14-18-27(37-5)19-15-24)30(35)33-25-10-8-7-9-11-25/h12-20,25,28H,6-11H2,1-5H3,(H,33,35)/t20-,28+/m1/s1. The van der Waals surface area contributed by atoms with E-state index in [1.807, 2.05) is 50.2 Å². The molecule has 0 bridgehead atoms. The van der Waals surface area contributed by atoms with Gasteiger partial charge in [0.15, 0.2) is 0 Å². The summed E-state index contributed by atoms with van der Waals surface area (Å²) in [6.07, 6.45) is 6.37. The maximum atomic E-state index is 14.3. The molecule has 3 aromatic rings.